The molecule has 2 aromatic rings. The number of aromatic nitrogens is 2. The van der Waals surface area contributed by atoms with Gasteiger partial charge in [-0.05, 0) is 32.4 Å². The van der Waals surface area contributed by atoms with Gasteiger partial charge in [-0.25, -0.2) is 0 Å². The molecule has 1 aromatic carbocycles. The van der Waals surface area contributed by atoms with E-state index in [1.54, 1.807) is 12.4 Å². The highest BCUT2D eigenvalue weighted by Crippen LogP contribution is 2.25. The van der Waals surface area contributed by atoms with Crippen LogP contribution in [0.3, 0.4) is 0 Å². The highest BCUT2D eigenvalue weighted by Gasteiger charge is 2.15. The van der Waals surface area contributed by atoms with Crippen LogP contribution in [-0.2, 0) is 0 Å². The van der Waals surface area contributed by atoms with E-state index < -0.39 is 0 Å². The lowest BCUT2D eigenvalue weighted by molar-refractivity contribution is 0.483. The van der Waals surface area contributed by atoms with E-state index in [1.165, 1.54) is 0 Å². The second kappa shape index (κ2) is 6.13. The van der Waals surface area contributed by atoms with Crippen LogP contribution in [0.2, 0.25) is 5.02 Å². The fraction of sp³-hybridized carbons (Fsp3) is 0.333. The topological polar surface area (TPSA) is 37.8 Å². The van der Waals surface area contributed by atoms with E-state index in [2.05, 4.69) is 29.1 Å². The molecule has 1 heterocycles. The molecule has 1 aromatic heterocycles. The molecule has 3 nitrogen and oxygen atoms in total. The van der Waals surface area contributed by atoms with Gasteiger partial charge >= 0.3 is 0 Å². The molecule has 0 saturated carbocycles. The Morgan fingerprint density at radius 3 is 2.42 bits per heavy atom. The maximum atomic E-state index is 6.21. The Morgan fingerprint density at radius 1 is 1.05 bits per heavy atom. The molecule has 100 valence electrons. The summed E-state index contributed by atoms with van der Waals surface area (Å²) in [5.74, 6) is 0. The maximum Gasteiger partial charge on any atom is 0.0782 e. The predicted molar refractivity (Wildman–Crippen MR) is 78.2 cm³/mol. The number of hydrogen-bond acceptors (Lipinski definition) is 3. The Kier molecular flexibility index (Phi) is 4.51. The number of nitrogens with zero attached hydrogens (tertiary/aromatic N) is 2. The van der Waals surface area contributed by atoms with E-state index in [1.807, 2.05) is 31.2 Å². The number of benzene rings is 1. The first-order chi connectivity index (χ1) is 9.09. The van der Waals surface area contributed by atoms with Crippen molar-refractivity contribution in [3.8, 4) is 0 Å². The van der Waals surface area contributed by atoms with Gasteiger partial charge in [-0.2, -0.15) is 0 Å². The summed E-state index contributed by atoms with van der Waals surface area (Å²) in [5, 5.41) is 4.29. The number of hydrogen-bond donors (Lipinski definition) is 1. The fourth-order valence-corrected chi connectivity index (χ4v) is 2.51. The zero-order valence-electron chi connectivity index (χ0n) is 11.4. The van der Waals surface area contributed by atoms with Crippen LogP contribution in [0.15, 0.2) is 36.7 Å². The molecule has 0 radical (unpaired) electrons. The minimum atomic E-state index is 0.125. The van der Waals surface area contributed by atoms with E-state index in [0.717, 1.165) is 22.0 Å². The molecule has 0 saturated heterocycles. The van der Waals surface area contributed by atoms with E-state index in [4.69, 9.17) is 11.6 Å². The summed E-state index contributed by atoms with van der Waals surface area (Å²) in [6.07, 6.45) is 3.43. The predicted octanol–water partition coefficient (Wildman–Crippen LogP) is 3.85. The lowest BCUT2D eigenvalue weighted by atomic mass is 10.1. The number of rotatable bonds is 4. The Morgan fingerprint density at radius 2 is 1.74 bits per heavy atom. The van der Waals surface area contributed by atoms with Crippen LogP contribution in [0.4, 0.5) is 0 Å². The van der Waals surface area contributed by atoms with E-state index >= 15 is 0 Å². The SMILES string of the molecule is Cc1nccnc1C(C)N[C@@H](C)c1ccccc1Cl. The Labute approximate surface area is 119 Å². The van der Waals surface area contributed by atoms with Gasteiger partial charge in [0.1, 0.15) is 0 Å². The smallest absolute Gasteiger partial charge is 0.0782 e. The number of halogens is 1. The van der Waals surface area contributed by atoms with Gasteiger partial charge in [-0.1, -0.05) is 29.8 Å². The lowest BCUT2D eigenvalue weighted by Gasteiger charge is -2.21. The fourth-order valence-electron chi connectivity index (χ4n) is 2.21. The van der Waals surface area contributed by atoms with Crippen LogP contribution in [-0.4, -0.2) is 9.97 Å². The molecule has 0 aliphatic carbocycles. The Balaban J connectivity index is 2.13. The molecule has 1 unspecified atom stereocenters. The second-order valence-electron chi connectivity index (χ2n) is 4.66. The number of aryl methyl sites for hydroxylation is 1. The van der Waals surface area contributed by atoms with Crippen molar-refractivity contribution < 1.29 is 0 Å². The molecule has 0 aliphatic rings. The van der Waals surface area contributed by atoms with Gasteiger partial charge in [0.05, 0.1) is 11.4 Å². The molecule has 0 fully saturated rings. The molecule has 0 aliphatic heterocycles. The highest BCUT2D eigenvalue weighted by molar-refractivity contribution is 6.31. The van der Waals surface area contributed by atoms with Gasteiger partial charge in [-0.15, -0.1) is 0 Å². The molecular formula is C15H18ClN3. The first-order valence-electron chi connectivity index (χ1n) is 6.37. The van der Waals surface area contributed by atoms with Crippen molar-refractivity contribution in [3.63, 3.8) is 0 Å². The summed E-state index contributed by atoms with van der Waals surface area (Å²) in [6.45, 7) is 6.16. The van der Waals surface area contributed by atoms with Crippen LogP contribution < -0.4 is 5.32 Å². The first-order valence-corrected chi connectivity index (χ1v) is 6.75. The van der Waals surface area contributed by atoms with Gasteiger partial charge in [0.2, 0.25) is 0 Å². The zero-order valence-corrected chi connectivity index (χ0v) is 12.1. The third-order valence-corrected chi connectivity index (χ3v) is 3.55. The van der Waals surface area contributed by atoms with Crippen molar-refractivity contribution in [2.45, 2.75) is 32.9 Å². The van der Waals surface area contributed by atoms with Crippen molar-refractivity contribution in [1.82, 2.24) is 15.3 Å². The van der Waals surface area contributed by atoms with Gasteiger partial charge < -0.3 is 5.32 Å². The zero-order chi connectivity index (χ0) is 13.8. The van der Waals surface area contributed by atoms with Gasteiger partial charge in [0.15, 0.2) is 0 Å². The molecule has 0 amide bonds. The normalized spacial score (nSPS) is 14.1. The van der Waals surface area contributed by atoms with Gasteiger partial charge in [0, 0.05) is 29.5 Å². The monoisotopic (exact) mass is 275 g/mol. The highest BCUT2D eigenvalue weighted by atomic mass is 35.5. The Hall–Kier alpha value is -1.45. The van der Waals surface area contributed by atoms with Crippen LogP contribution in [0.25, 0.3) is 0 Å². The minimum Gasteiger partial charge on any atom is -0.302 e. The summed E-state index contributed by atoms with van der Waals surface area (Å²) in [7, 11) is 0. The van der Waals surface area contributed by atoms with Crippen LogP contribution in [0.5, 0.6) is 0 Å². The average molecular weight is 276 g/mol. The van der Waals surface area contributed by atoms with E-state index in [0.29, 0.717) is 0 Å². The third-order valence-electron chi connectivity index (χ3n) is 3.20. The van der Waals surface area contributed by atoms with E-state index in [-0.39, 0.29) is 12.1 Å². The summed E-state index contributed by atoms with van der Waals surface area (Å²) in [6, 6.07) is 8.17. The first kappa shape index (κ1) is 14.0. The summed E-state index contributed by atoms with van der Waals surface area (Å²) >= 11 is 6.21. The van der Waals surface area contributed by atoms with Crippen LogP contribution in [0.1, 0.15) is 42.9 Å². The summed E-state index contributed by atoms with van der Waals surface area (Å²) in [4.78, 5) is 8.66. The quantitative estimate of drug-likeness (QED) is 0.921. The van der Waals surface area contributed by atoms with Gasteiger partial charge in [0.25, 0.3) is 0 Å². The molecule has 0 spiro atoms. The van der Waals surface area contributed by atoms with Crippen LogP contribution >= 0.6 is 11.6 Å². The maximum absolute atomic E-state index is 6.21. The van der Waals surface area contributed by atoms with Crippen molar-refractivity contribution in [3.05, 3.63) is 58.6 Å². The standard InChI is InChI=1S/C15H18ClN3/c1-10(13-6-4-5-7-14(13)16)19-12(3)15-11(2)17-8-9-18-15/h4-10,12,19H,1-3H3/t10-,12?/m0/s1. The summed E-state index contributed by atoms with van der Waals surface area (Å²) < 4.78 is 0. The molecule has 19 heavy (non-hydrogen) atoms. The van der Waals surface area contributed by atoms with Crippen molar-refractivity contribution in [2.75, 3.05) is 0 Å². The van der Waals surface area contributed by atoms with Crippen molar-refractivity contribution in [1.29, 1.82) is 0 Å². The average Bonchev–Trinajstić information content (AvgIpc) is 2.39. The van der Waals surface area contributed by atoms with Crippen LogP contribution in [0, 0.1) is 6.92 Å². The largest absolute Gasteiger partial charge is 0.302 e. The van der Waals surface area contributed by atoms with Crippen molar-refractivity contribution >= 4 is 11.6 Å². The lowest BCUT2D eigenvalue weighted by Crippen LogP contribution is -2.24. The minimum absolute atomic E-state index is 0.125. The molecule has 2 atom stereocenters. The molecule has 1 N–H and O–H groups in total. The number of nitrogens with one attached hydrogen (secondary N) is 1. The summed E-state index contributed by atoms with van der Waals surface area (Å²) in [5.41, 5.74) is 3.02. The Bertz CT molecular complexity index is 507. The van der Waals surface area contributed by atoms with Gasteiger partial charge in [-0.3, -0.25) is 9.97 Å². The molecule has 4 heteroatoms. The van der Waals surface area contributed by atoms with E-state index in [9.17, 15) is 0 Å². The molecule has 0 bridgehead atoms. The molecule has 2 rings (SSSR count). The van der Waals surface area contributed by atoms with Crippen molar-refractivity contribution in [2.24, 2.45) is 0 Å². The molecular weight excluding hydrogens is 258 g/mol. The second-order valence-corrected chi connectivity index (χ2v) is 5.07. The third kappa shape index (κ3) is 3.31.